The van der Waals surface area contributed by atoms with Crippen LogP contribution in [0.5, 0.6) is 0 Å². The molecule has 2 aromatic carbocycles. The molecule has 1 aromatic heterocycles. The maximum Gasteiger partial charge on any atom is 0.328 e. The number of urea groups is 1. The van der Waals surface area contributed by atoms with Crippen LogP contribution in [0.4, 0.5) is 4.79 Å². The number of benzene rings is 2. The normalized spacial score (nSPS) is 11.3. The number of nitrogens with zero attached hydrogens (tertiary/aromatic N) is 2. The van der Waals surface area contributed by atoms with Crippen molar-refractivity contribution in [1.82, 2.24) is 19.6 Å². The lowest BCUT2D eigenvalue weighted by Crippen LogP contribution is -2.39. The predicted octanol–water partition coefficient (Wildman–Crippen LogP) is 4.33. The van der Waals surface area contributed by atoms with Crippen LogP contribution in [0.2, 0.25) is 0 Å². The van der Waals surface area contributed by atoms with Crippen molar-refractivity contribution in [3.05, 3.63) is 71.3 Å². The van der Waals surface area contributed by atoms with E-state index in [4.69, 9.17) is 0 Å². The molecular formula is C25H30N4O4S2. The molecule has 0 unspecified atom stereocenters. The zero-order valence-corrected chi connectivity index (χ0v) is 21.7. The Hall–Kier alpha value is -3.11. The SMILES string of the molecule is CCCNC(=O)NS(=O)(=O)c1ccccc1-c1ccc(Cn2c(CCC)nc(C)c2C(=O)S)cc1. The topological polar surface area (TPSA) is 110 Å². The Bertz CT molecular complexity index is 1320. The molecule has 186 valence electrons. The number of imidazole rings is 1. The summed E-state index contributed by atoms with van der Waals surface area (Å²) in [5.74, 6) is 0.829. The van der Waals surface area contributed by atoms with Gasteiger partial charge >= 0.3 is 6.03 Å². The second-order valence-corrected chi connectivity index (χ2v) is 10.2. The van der Waals surface area contributed by atoms with Gasteiger partial charge in [0.1, 0.15) is 11.5 Å². The number of nitrogens with one attached hydrogen (secondary N) is 2. The average Bonchev–Trinajstić information content (AvgIpc) is 3.12. The maximum absolute atomic E-state index is 12.9. The summed E-state index contributed by atoms with van der Waals surface area (Å²) in [6.45, 7) is 6.55. The fourth-order valence-corrected chi connectivity index (χ4v) is 5.29. The van der Waals surface area contributed by atoms with Crippen molar-refractivity contribution in [3.63, 3.8) is 0 Å². The molecule has 0 radical (unpaired) electrons. The molecule has 1 heterocycles. The second-order valence-electron chi connectivity index (χ2n) is 8.16. The standard InChI is InChI=1S/C25H30N4O4S2/c1-4-8-22-27-17(3)23(24(30)34)29(22)16-18-11-13-19(14-12-18)20-9-6-7-10-21(20)35(32,33)28-25(31)26-15-5-2/h6-7,9-14H,4-5,8,15-16H2,1-3H3,(H,30,34)(H2,26,28,31). The van der Waals surface area contributed by atoms with Crippen LogP contribution in [0.15, 0.2) is 53.4 Å². The number of amides is 2. The first-order valence-electron chi connectivity index (χ1n) is 11.5. The third-order valence-corrected chi connectivity index (χ3v) is 7.04. The molecule has 0 atom stereocenters. The van der Waals surface area contributed by atoms with Gasteiger partial charge in [0.15, 0.2) is 0 Å². The van der Waals surface area contributed by atoms with Crippen LogP contribution in [0.1, 0.15) is 54.3 Å². The molecular weight excluding hydrogens is 484 g/mol. The lowest BCUT2D eigenvalue weighted by molar-refractivity contribution is 0.108. The summed E-state index contributed by atoms with van der Waals surface area (Å²) in [5.41, 5.74) is 3.22. The van der Waals surface area contributed by atoms with E-state index in [9.17, 15) is 18.0 Å². The van der Waals surface area contributed by atoms with E-state index in [-0.39, 0.29) is 10.0 Å². The van der Waals surface area contributed by atoms with Gasteiger partial charge < -0.3 is 9.88 Å². The van der Waals surface area contributed by atoms with E-state index in [0.29, 0.717) is 42.0 Å². The van der Waals surface area contributed by atoms with Crippen LogP contribution in [0.3, 0.4) is 0 Å². The van der Waals surface area contributed by atoms with Gasteiger partial charge in [0.2, 0.25) is 5.12 Å². The number of aromatic nitrogens is 2. The molecule has 35 heavy (non-hydrogen) atoms. The molecule has 0 bridgehead atoms. The minimum absolute atomic E-state index is 0.0119. The number of hydrogen-bond donors (Lipinski definition) is 3. The van der Waals surface area contributed by atoms with Gasteiger partial charge in [0.25, 0.3) is 10.0 Å². The van der Waals surface area contributed by atoms with Crippen molar-refractivity contribution < 1.29 is 18.0 Å². The van der Waals surface area contributed by atoms with E-state index in [2.05, 4.69) is 34.6 Å². The smallest absolute Gasteiger partial charge is 0.328 e. The van der Waals surface area contributed by atoms with Crippen LogP contribution in [0.25, 0.3) is 11.1 Å². The van der Waals surface area contributed by atoms with Gasteiger partial charge in [-0.3, -0.25) is 4.79 Å². The molecule has 0 saturated carbocycles. The van der Waals surface area contributed by atoms with Gasteiger partial charge in [-0.1, -0.05) is 68.9 Å². The van der Waals surface area contributed by atoms with E-state index in [0.717, 1.165) is 24.2 Å². The van der Waals surface area contributed by atoms with Gasteiger partial charge in [-0.05, 0) is 37.0 Å². The van der Waals surface area contributed by atoms with Crippen molar-refractivity contribution in [2.24, 2.45) is 0 Å². The van der Waals surface area contributed by atoms with E-state index >= 15 is 0 Å². The van der Waals surface area contributed by atoms with Crippen molar-refractivity contribution in [1.29, 1.82) is 0 Å². The monoisotopic (exact) mass is 514 g/mol. The predicted molar refractivity (Wildman–Crippen MR) is 139 cm³/mol. The molecule has 3 aromatic rings. The first-order chi connectivity index (χ1) is 16.7. The van der Waals surface area contributed by atoms with E-state index < -0.39 is 16.1 Å². The van der Waals surface area contributed by atoms with E-state index in [1.807, 2.05) is 35.8 Å². The number of sulfonamides is 1. The Labute approximate surface area is 211 Å². The van der Waals surface area contributed by atoms with E-state index in [1.54, 1.807) is 25.1 Å². The van der Waals surface area contributed by atoms with Gasteiger partial charge in [0.05, 0.1) is 10.6 Å². The fraction of sp³-hybridized carbons (Fsp3) is 0.320. The minimum atomic E-state index is -4.07. The van der Waals surface area contributed by atoms with Gasteiger partial charge in [-0.2, -0.15) is 0 Å². The maximum atomic E-state index is 12.9. The van der Waals surface area contributed by atoms with Crippen molar-refractivity contribution >= 4 is 33.8 Å². The molecule has 2 amide bonds. The van der Waals surface area contributed by atoms with Crippen LogP contribution >= 0.6 is 12.6 Å². The first kappa shape index (κ1) is 26.5. The molecule has 0 spiro atoms. The van der Waals surface area contributed by atoms with Gasteiger partial charge in [-0.15, -0.1) is 0 Å². The number of thiol groups is 1. The fourth-order valence-electron chi connectivity index (χ4n) is 3.85. The molecule has 2 N–H and O–H groups in total. The second kappa shape index (κ2) is 11.5. The highest BCUT2D eigenvalue weighted by Gasteiger charge is 2.22. The van der Waals surface area contributed by atoms with Gasteiger partial charge in [0, 0.05) is 25.1 Å². The zero-order valence-electron chi connectivity index (χ0n) is 20.0. The molecule has 0 fully saturated rings. The molecule has 3 rings (SSSR count). The highest BCUT2D eigenvalue weighted by Crippen LogP contribution is 2.28. The largest absolute Gasteiger partial charge is 0.337 e. The molecule has 0 aliphatic carbocycles. The van der Waals surface area contributed by atoms with E-state index in [1.165, 1.54) is 6.07 Å². The lowest BCUT2D eigenvalue weighted by Gasteiger charge is -2.14. The van der Waals surface area contributed by atoms with Crippen molar-refractivity contribution in [3.8, 4) is 11.1 Å². The third-order valence-electron chi connectivity index (χ3n) is 5.44. The van der Waals surface area contributed by atoms with Crippen molar-refractivity contribution in [2.45, 2.75) is 51.5 Å². The number of carbonyl (C=O) groups is 2. The summed E-state index contributed by atoms with van der Waals surface area (Å²) < 4.78 is 29.7. The quantitative estimate of drug-likeness (QED) is 0.349. The lowest BCUT2D eigenvalue weighted by atomic mass is 10.0. The third kappa shape index (κ3) is 6.32. The average molecular weight is 515 g/mol. The Morgan fingerprint density at radius 2 is 1.71 bits per heavy atom. The number of rotatable bonds is 10. The molecule has 10 heteroatoms. The highest BCUT2D eigenvalue weighted by atomic mass is 32.2. The van der Waals surface area contributed by atoms with Crippen LogP contribution in [-0.4, -0.2) is 35.7 Å². The number of carbonyl (C=O) groups excluding carboxylic acids is 2. The summed E-state index contributed by atoms with van der Waals surface area (Å²) in [7, 11) is -4.07. The Morgan fingerprint density at radius 1 is 1.03 bits per heavy atom. The molecule has 8 nitrogen and oxygen atoms in total. The number of hydrogen-bond acceptors (Lipinski definition) is 5. The van der Waals surface area contributed by atoms with Crippen LogP contribution in [-0.2, 0) is 23.0 Å². The Morgan fingerprint density at radius 3 is 2.34 bits per heavy atom. The number of aryl methyl sites for hydroxylation is 2. The highest BCUT2D eigenvalue weighted by molar-refractivity contribution is 7.97. The van der Waals surface area contributed by atoms with Crippen LogP contribution < -0.4 is 10.0 Å². The first-order valence-corrected chi connectivity index (χ1v) is 13.4. The zero-order chi connectivity index (χ0) is 25.6. The Balaban J connectivity index is 1.90. The molecule has 0 saturated heterocycles. The Kier molecular flexibility index (Phi) is 8.74. The summed E-state index contributed by atoms with van der Waals surface area (Å²) in [4.78, 5) is 28.6. The summed E-state index contributed by atoms with van der Waals surface area (Å²) in [6.07, 6.45) is 2.33. The van der Waals surface area contributed by atoms with Crippen LogP contribution in [0, 0.1) is 6.92 Å². The minimum Gasteiger partial charge on any atom is -0.337 e. The summed E-state index contributed by atoms with van der Waals surface area (Å²) in [6, 6.07) is 13.2. The summed E-state index contributed by atoms with van der Waals surface area (Å²) >= 11 is 4.03. The van der Waals surface area contributed by atoms with Gasteiger partial charge in [-0.25, -0.2) is 22.9 Å². The molecule has 0 aliphatic rings. The molecule has 0 aliphatic heterocycles. The summed E-state index contributed by atoms with van der Waals surface area (Å²) in [5, 5.41) is 2.18. The van der Waals surface area contributed by atoms with Crippen molar-refractivity contribution in [2.75, 3.05) is 6.54 Å².